The fourth-order valence-corrected chi connectivity index (χ4v) is 9.40. The number of aliphatic carboxylic acids is 2. The van der Waals surface area contributed by atoms with Crippen LogP contribution >= 0.6 is 11.3 Å². The molecule has 1 aromatic carbocycles. The third-order valence-corrected chi connectivity index (χ3v) is 13.8. The lowest BCUT2D eigenvalue weighted by Gasteiger charge is -2.40. The highest BCUT2D eigenvalue weighted by Crippen LogP contribution is 2.32. The third kappa shape index (κ3) is 16.8. The zero-order chi connectivity index (χ0) is 49.4. The van der Waals surface area contributed by atoms with Crippen molar-refractivity contribution in [1.29, 1.82) is 0 Å². The van der Waals surface area contributed by atoms with Crippen LogP contribution in [0.3, 0.4) is 0 Å². The summed E-state index contributed by atoms with van der Waals surface area (Å²) in [6.45, 7) is 16.1. The number of carbonyl (C=O) groups is 6. The molecule has 1 fully saturated rings. The van der Waals surface area contributed by atoms with Gasteiger partial charge in [-0.05, 0) is 103 Å². The fourth-order valence-electron chi connectivity index (χ4n) is 8.56. The van der Waals surface area contributed by atoms with Gasteiger partial charge in [-0.2, -0.15) is 0 Å². The molecule has 370 valence electrons. The average molecular weight is 951 g/mol. The van der Waals surface area contributed by atoms with Crippen molar-refractivity contribution in [3.05, 3.63) is 63.4 Å². The molecule has 3 aromatic rings. The van der Waals surface area contributed by atoms with E-state index in [2.05, 4.69) is 20.9 Å². The van der Waals surface area contributed by atoms with Crippen LogP contribution < -0.4 is 10.6 Å². The second-order valence-corrected chi connectivity index (χ2v) is 20.2. The van der Waals surface area contributed by atoms with E-state index in [1.54, 1.807) is 23.9 Å². The number of likely N-dealkylation sites (N-methyl/N-ethyl adjacent to an activating group) is 1. The second kappa shape index (κ2) is 25.8. The summed E-state index contributed by atoms with van der Waals surface area (Å²) in [6, 6.07) is 5.67. The number of benzene rings is 1. The molecule has 1 aliphatic heterocycles. The number of likely N-dealkylation sites (tertiary alicyclic amines) is 1. The Balaban J connectivity index is 1.62. The predicted molar refractivity (Wildman–Crippen MR) is 255 cm³/mol. The van der Waals surface area contributed by atoms with Crippen molar-refractivity contribution < 1.29 is 43.7 Å². The number of aryl methyl sites for hydroxylation is 3. The molecule has 3 heterocycles. The van der Waals surface area contributed by atoms with Gasteiger partial charge in [-0.25, -0.2) is 4.98 Å². The Kier molecular flexibility index (Phi) is 20.9. The molecule has 0 spiro atoms. The number of amides is 3. The minimum absolute atomic E-state index is 0.0348. The van der Waals surface area contributed by atoms with Gasteiger partial charge in [0.05, 0.1) is 17.2 Å². The van der Waals surface area contributed by atoms with Crippen LogP contribution in [-0.2, 0) is 48.1 Å². The van der Waals surface area contributed by atoms with E-state index < -0.39 is 53.5 Å². The van der Waals surface area contributed by atoms with Crippen molar-refractivity contribution in [2.75, 3.05) is 20.1 Å². The summed E-state index contributed by atoms with van der Waals surface area (Å²) in [5.74, 6) is -3.64. The quantitative estimate of drug-likeness (QED) is 0.0465. The summed E-state index contributed by atoms with van der Waals surface area (Å²) in [5, 5.41) is 35.6. The number of carboxylic acids is 2. The van der Waals surface area contributed by atoms with Gasteiger partial charge in [-0.15, -0.1) is 16.4 Å². The molecule has 2 aromatic heterocycles. The number of hydrogen-bond acceptors (Lipinski definition) is 12. The zero-order valence-corrected chi connectivity index (χ0v) is 41.8. The summed E-state index contributed by atoms with van der Waals surface area (Å²) in [6.07, 6.45) is 7.17. The summed E-state index contributed by atoms with van der Waals surface area (Å²) < 4.78 is 7.60. The molecule has 4 rings (SSSR count). The standard InChI is InChI=1S/C49H74N8O9S/c1-10-33(5)43(52-45(62)39-17-12-13-23-55(39)9)47(63)57(25-14-11-16-36-29-56(54-53-36)24-15-18-42(59)60)40(31(2)3)27-41(66-34(6)58)46-51-38(30-67-46)44(61)50-37(28-49(7,8)48(64)65)26-35-21-19-32(4)20-22-35/h19-22,29-31,33,37,39-41,43H,10-18,23-28H2,1-9H3,(H,50,61)(H,52,62)(H,59,60)(H,64,65)/t33-,37-,39+,40+,41+,43-/m0/s1. The molecule has 0 unspecified atom stereocenters. The van der Waals surface area contributed by atoms with Gasteiger partial charge in [0.2, 0.25) is 11.8 Å². The SMILES string of the molecule is CC[C@H](C)[C@H](NC(=O)[C@H]1CCCCN1C)C(=O)N(CCCCc1cn(CCCC(=O)O)nn1)[C@H](C[C@@H](OC(C)=O)c1nc(C(=O)N[C@@H](Cc2ccc(C)cc2)CC(C)(C)C(=O)O)cs1)C(C)C. The maximum atomic E-state index is 15.1. The molecule has 3 amide bonds. The minimum atomic E-state index is -1.13. The molecule has 18 heteroatoms. The summed E-state index contributed by atoms with van der Waals surface area (Å²) in [7, 11) is 1.94. The molecule has 67 heavy (non-hydrogen) atoms. The first-order valence-corrected chi connectivity index (χ1v) is 24.7. The number of esters is 1. The van der Waals surface area contributed by atoms with Crippen LogP contribution in [0.5, 0.6) is 0 Å². The van der Waals surface area contributed by atoms with Crippen LogP contribution in [0.4, 0.5) is 0 Å². The molecule has 4 N–H and O–H groups in total. The van der Waals surface area contributed by atoms with E-state index in [4.69, 9.17) is 14.8 Å². The third-order valence-electron chi connectivity index (χ3n) is 12.8. The van der Waals surface area contributed by atoms with Gasteiger partial charge in [0.25, 0.3) is 5.91 Å². The zero-order valence-electron chi connectivity index (χ0n) is 41.0. The smallest absolute Gasteiger partial charge is 0.309 e. The average Bonchev–Trinajstić information content (AvgIpc) is 3.95. The van der Waals surface area contributed by atoms with Crippen molar-refractivity contribution in [2.45, 2.75) is 169 Å². The maximum Gasteiger partial charge on any atom is 0.309 e. The number of nitrogens with zero attached hydrogens (tertiary/aromatic N) is 6. The predicted octanol–water partition coefficient (Wildman–Crippen LogP) is 6.64. The largest absolute Gasteiger partial charge is 0.481 e. The van der Waals surface area contributed by atoms with Crippen molar-refractivity contribution in [2.24, 2.45) is 17.3 Å². The number of aromatic nitrogens is 4. The Hall–Kier alpha value is -5.23. The Morgan fingerprint density at radius 2 is 1.73 bits per heavy atom. The van der Waals surface area contributed by atoms with Crippen LogP contribution in [0.15, 0.2) is 35.8 Å². The Morgan fingerprint density at radius 3 is 2.36 bits per heavy atom. The highest BCUT2D eigenvalue weighted by atomic mass is 32.1. The van der Waals surface area contributed by atoms with E-state index in [1.165, 1.54) is 18.3 Å². The van der Waals surface area contributed by atoms with Crippen molar-refractivity contribution in [3.63, 3.8) is 0 Å². The van der Waals surface area contributed by atoms with Crippen LogP contribution in [0.2, 0.25) is 0 Å². The molecule has 17 nitrogen and oxygen atoms in total. The van der Waals surface area contributed by atoms with Gasteiger partial charge < -0.3 is 30.5 Å². The first-order valence-electron chi connectivity index (χ1n) is 23.8. The molecule has 6 atom stereocenters. The Bertz CT molecular complexity index is 2100. The second-order valence-electron chi connectivity index (χ2n) is 19.3. The van der Waals surface area contributed by atoms with Crippen LogP contribution in [0.25, 0.3) is 0 Å². The Morgan fingerprint density at radius 1 is 1.01 bits per heavy atom. The molecule has 0 radical (unpaired) electrons. The number of carboxylic acid groups (broad SMARTS) is 2. The molecule has 0 bridgehead atoms. The van der Waals surface area contributed by atoms with E-state index in [-0.39, 0.29) is 54.6 Å². The van der Waals surface area contributed by atoms with E-state index >= 15 is 4.79 Å². The minimum Gasteiger partial charge on any atom is -0.481 e. The molecular weight excluding hydrogens is 877 g/mol. The van der Waals surface area contributed by atoms with Crippen LogP contribution in [-0.4, -0.2) is 120 Å². The van der Waals surface area contributed by atoms with Crippen molar-refractivity contribution >= 4 is 47.0 Å². The highest BCUT2D eigenvalue weighted by molar-refractivity contribution is 7.09. The number of hydrogen-bond donors (Lipinski definition) is 4. The number of ether oxygens (including phenoxy) is 1. The van der Waals surface area contributed by atoms with E-state index in [1.807, 2.05) is 81.9 Å². The lowest BCUT2D eigenvalue weighted by atomic mass is 9.84. The summed E-state index contributed by atoms with van der Waals surface area (Å²) >= 11 is 1.17. The van der Waals surface area contributed by atoms with Gasteiger partial charge >= 0.3 is 17.9 Å². The van der Waals surface area contributed by atoms with Gasteiger partial charge in [0, 0.05) is 56.5 Å². The number of rotatable bonds is 27. The number of carbonyl (C=O) groups excluding carboxylic acids is 4. The van der Waals surface area contributed by atoms with Gasteiger partial charge in [-0.1, -0.05) is 75.6 Å². The first-order chi connectivity index (χ1) is 31.7. The van der Waals surface area contributed by atoms with E-state index in [0.717, 1.165) is 36.2 Å². The van der Waals surface area contributed by atoms with Crippen LogP contribution in [0, 0.1) is 24.2 Å². The number of thiazole rings is 1. The molecule has 1 aliphatic rings. The molecular formula is C49H74N8O9S. The monoisotopic (exact) mass is 951 g/mol. The van der Waals surface area contributed by atoms with E-state index in [0.29, 0.717) is 63.0 Å². The normalized spacial score (nSPS) is 16.7. The number of unbranched alkanes of at least 4 members (excludes halogenated alkanes) is 1. The first kappa shape index (κ1) is 54.4. The molecule has 0 saturated carbocycles. The molecule has 1 saturated heterocycles. The highest BCUT2D eigenvalue weighted by Gasteiger charge is 2.39. The fraction of sp³-hybridized carbons (Fsp3) is 0.653. The maximum absolute atomic E-state index is 15.1. The van der Waals surface area contributed by atoms with Crippen LogP contribution in [0.1, 0.15) is 151 Å². The summed E-state index contributed by atoms with van der Waals surface area (Å²) in [4.78, 5) is 87.5. The van der Waals surface area contributed by atoms with Gasteiger partial charge in [-0.3, -0.25) is 38.3 Å². The topological polar surface area (TPSA) is 226 Å². The molecule has 0 aliphatic carbocycles. The Labute approximate surface area is 399 Å². The number of piperidine rings is 1. The van der Waals surface area contributed by atoms with Crippen molar-refractivity contribution in [3.8, 4) is 0 Å². The lowest BCUT2D eigenvalue weighted by molar-refractivity contribution is -0.150. The summed E-state index contributed by atoms with van der Waals surface area (Å²) in [5.41, 5.74) is 1.74. The van der Waals surface area contributed by atoms with Gasteiger partial charge in [0.1, 0.15) is 16.7 Å². The van der Waals surface area contributed by atoms with Gasteiger partial charge in [0.15, 0.2) is 6.10 Å². The lowest BCUT2D eigenvalue weighted by Crippen LogP contribution is -2.59. The number of nitrogens with one attached hydrogen (secondary N) is 2. The van der Waals surface area contributed by atoms with Crippen molar-refractivity contribution in [1.82, 2.24) is 40.4 Å². The van der Waals surface area contributed by atoms with E-state index in [9.17, 15) is 29.1 Å².